The van der Waals surface area contributed by atoms with Crippen LogP contribution in [-0.4, -0.2) is 64.9 Å². The van der Waals surface area contributed by atoms with Gasteiger partial charge in [-0.05, 0) is 142 Å². The van der Waals surface area contributed by atoms with Gasteiger partial charge in [-0.2, -0.15) is 0 Å². The first-order valence-corrected chi connectivity index (χ1v) is 20.0. The van der Waals surface area contributed by atoms with E-state index in [0.717, 1.165) is 76.6 Å². The van der Waals surface area contributed by atoms with E-state index in [0.29, 0.717) is 24.7 Å². The Labute approximate surface area is 301 Å². The van der Waals surface area contributed by atoms with Crippen LogP contribution < -0.4 is 5.32 Å². The summed E-state index contributed by atoms with van der Waals surface area (Å²) in [4.78, 5) is 54.7. The van der Waals surface area contributed by atoms with Gasteiger partial charge in [-0.1, -0.05) is 48.5 Å². The van der Waals surface area contributed by atoms with Gasteiger partial charge in [0.15, 0.2) is 5.78 Å². The lowest BCUT2D eigenvalue weighted by molar-refractivity contribution is -0.232. The van der Waals surface area contributed by atoms with Crippen molar-refractivity contribution >= 4 is 23.6 Å². The Kier molecular flexibility index (Phi) is 9.55. The van der Waals surface area contributed by atoms with Gasteiger partial charge in [0.1, 0.15) is 6.10 Å². The summed E-state index contributed by atoms with van der Waals surface area (Å²) >= 11 is 0. The van der Waals surface area contributed by atoms with E-state index < -0.39 is 22.9 Å². The van der Waals surface area contributed by atoms with E-state index in [9.17, 15) is 24.3 Å². The highest BCUT2D eigenvalue weighted by Gasteiger charge is 2.70. The first-order chi connectivity index (χ1) is 23.2. The quantitative estimate of drug-likeness (QED) is 0.238. The van der Waals surface area contributed by atoms with Crippen molar-refractivity contribution in [3.8, 4) is 0 Å². The highest BCUT2D eigenvalue weighted by atomic mass is 16.5. The maximum absolute atomic E-state index is 13.9. The zero-order valence-corrected chi connectivity index (χ0v) is 32.6. The molecule has 8 heteroatoms. The van der Waals surface area contributed by atoms with Crippen LogP contribution in [0.2, 0.25) is 0 Å². The molecule has 6 rings (SSSR count). The molecule has 0 bridgehead atoms. The maximum atomic E-state index is 13.9. The zero-order valence-electron chi connectivity index (χ0n) is 32.6. The summed E-state index contributed by atoms with van der Waals surface area (Å²) in [5, 5.41) is 13.1. The maximum Gasteiger partial charge on any atom is 0.309 e. The van der Waals surface area contributed by atoms with Crippen LogP contribution >= 0.6 is 0 Å². The number of hydrogen-bond donors (Lipinski definition) is 2. The molecule has 0 radical (unpaired) electrons. The number of nitrogens with zero attached hydrogens (tertiary/aromatic N) is 1. The molecular formula is C42H66N2O6. The molecule has 0 aromatic heterocycles. The fourth-order valence-electron chi connectivity index (χ4n) is 13.2. The highest BCUT2D eigenvalue weighted by Crippen LogP contribution is 2.76. The van der Waals surface area contributed by atoms with Crippen molar-refractivity contribution in [2.45, 2.75) is 157 Å². The molecule has 2 N–H and O–H groups in total. The molecule has 8 nitrogen and oxygen atoms in total. The minimum atomic E-state index is -1.16. The third-order valence-corrected chi connectivity index (χ3v) is 16.0. The van der Waals surface area contributed by atoms with Crippen molar-refractivity contribution in [3.63, 3.8) is 0 Å². The standard InChI is InChI=1S/C42H66N2O6/c1-26(2)34-28(45)24-42(43-32(46)16-23-44-21-10-11-22-44)20-19-40(8)27(35(34)42)12-13-30-39(7)17-15-31(50-33(47)25-37(3,4)36(48)49)38(5,6)29(39)14-18-41(30,40)9/h26-27,29-31H,10-25H2,1-9H3,(H,43,46)(H,48,49)/t27-,29+,30-,31+,39+,40-,41-,42-/m1/s1. The number of aliphatic carboxylic acids is 1. The summed E-state index contributed by atoms with van der Waals surface area (Å²) in [6, 6.07) is 0. The van der Waals surface area contributed by atoms with Crippen LogP contribution in [0.15, 0.2) is 11.1 Å². The molecule has 50 heavy (non-hydrogen) atoms. The average Bonchev–Trinajstić information content (AvgIpc) is 3.63. The van der Waals surface area contributed by atoms with Crippen molar-refractivity contribution in [2.75, 3.05) is 19.6 Å². The smallest absolute Gasteiger partial charge is 0.309 e. The first-order valence-electron chi connectivity index (χ1n) is 20.0. The number of amides is 1. The van der Waals surface area contributed by atoms with Crippen LogP contribution in [-0.2, 0) is 23.9 Å². The number of carboxylic acids is 1. The lowest BCUT2D eigenvalue weighted by Crippen LogP contribution is -2.67. The topological polar surface area (TPSA) is 113 Å². The van der Waals surface area contributed by atoms with Gasteiger partial charge in [-0.25, -0.2) is 0 Å². The van der Waals surface area contributed by atoms with Crippen LogP contribution in [0, 0.1) is 50.7 Å². The number of nitrogens with one attached hydrogen (secondary N) is 1. The number of Topliss-reactive ketones (excluding diaryl/α,β-unsaturated/α-hetero) is 1. The number of ether oxygens (including phenoxy) is 1. The number of carbonyl (C=O) groups excluding carboxylic acids is 3. The van der Waals surface area contributed by atoms with Gasteiger partial charge in [-0.3, -0.25) is 19.2 Å². The van der Waals surface area contributed by atoms with Crippen LogP contribution in [0.5, 0.6) is 0 Å². The number of carboxylic acid groups (broad SMARTS) is 1. The van der Waals surface area contributed by atoms with Crippen molar-refractivity contribution in [1.82, 2.24) is 10.2 Å². The van der Waals surface area contributed by atoms with E-state index in [1.165, 1.54) is 18.4 Å². The number of hydrogen-bond acceptors (Lipinski definition) is 6. The molecule has 0 unspecified atom stereocenters. The summed E-state index contributed by atoms with van der Waals surface area (Å²) in [6.45, 7) is 22.6. The lowest BCUT2D eigenvalue weighted by Gasteiger charge is -2.72. The molecule has 5 fully saturated rings. The minimum Gasteiger partial charge on any atom is -0.481 e. The van der Waals surface area contributed by atoms with Gasteiger partial charge in [-0.15, -0.1) is 0 Å². The number of ketones is 1. The van der Waals surface area contributed by atoms with Gasteiger partial charge in [0.05, 0.1) is 17.4 Å². The summed E-state index contributed by atoms with van der Waals surface area (Å²) in [7, 11) is 0. The molecule has 0 aromatic rings. The van der Waals surface area contributed by atoms with Gasteiger partial charge >= 0.3 is 11.9 Å². The normalized spacial score (nSPS) is 39.8. The van der Waals surface area contributed by atoms with E-state index in [1.807, 2.05) is 0 Å². The van der Waals surface area contributed by atoms with E-state index in [2.05, 4.69) is 58.7 Å². The lowest BCUT2D eigenvalue weighted by atomic mass is 9.33. The van der Waals surface area contributed by atoms with Crippen molar-refractivity contribution in [2.24, 2.45) is 50.7 Å². The molecule has 1 aliphatic heterocycles. The van der Waals surface area contributed by atoms with Crippen molar-refractivity contribution < 1.29 is 29.0 Å². The molecule has 1 heterocycles. The summed E-state index contributed by atoms with van der Waals surface area (Å²) in [6.07, 6.45) is 10.8. The Bertz CT molecular complexity index is 1440. The number of fused-ring (bicyclic) bond motifs is 7. The number of esters is 1. The van der Waals surface area contributed by atoms with Gasteiger partial charge in [0, 0.05) is 24.8 Å². The van der Waals surface area contributed by atoms with E-state index in [4.69, 9.17) is 4.74 Å². The summed E-state index contributed by atoms with van der Waals surface area (Å²) in [5.74, 6) is 0.201. The van der Waals surface area contributed by atoms with E-state index >= 15 is 0 Å². The fraction of sp³-hybridized carbons (Fsp3) is 0.857. The number of likely N-dealkylation sites (tertiary alicyclic amines) is 1. The van der Waals surface area contributed by atoms with Crippen LogP contribution in [0.1, 0.15) is 146 Å². The molecule has 5 aliphatic carbocycles. The molecule has 0 aromatic carbocycles. The number of carbonyl (C=O) groups is 4. The Morgan fingerprint density at radius 2 is 1.60 bits per heavy atom. The Morgan fingerprint density at radius 3 is 2.24 bits per heavy atom. The second-order valence-corrected chi connectivity index (χ2v) is 19.8. The second kappa shape index (κ2) is 12.7. The Balaban J connectivity index is 1.26. The van der Waals surface area contributed by atoms with Gasteiger partial charge in [0.25, 0.3) is 0 Å². The van der Waals surface area contributed by atoms with E-state index in [1.54, 1.807) is 13.8 Å². The fourth-order valence-corrected chi connectivity index (χ4v) is 13.2. The largest absolute Gasteiger partial charge is 0.481 e. The zero-order chi connectivity index (χ0) is 36.7. The van der Waals surface area contributed by atoms with Crippen molar-refractivity contribution in [1.29, 1.82) is 0 Å². The predicted molar refractivity (Wildman–Crippen MR) is 194 cm³/mol. The molecule has 280 valence electrons. The molecule has 4 saturated carbocycles. The summed E-state index contributed by atoms with van der Waals surface area (Å²) < 4.78 is 6.16. The van der Waals surface area contributed by atoms with E-state index in [-0.39, 0.29) is 57.7 Å². The van der Waals surface area contributed by atoms with Crippen LogP contribution in [0.3, 0.4) is 0 Å². The highest BCUT2D eigenvalue weighted by molar-refractivity contribution is 6.02. The first kappa shape index (κ1) is 37.5. The predicted octanol–water partition coefficient (Wildman–Crippen LogP) is 7.73. The molecule has 6 aliphatic rings. The third-order valence-electron chi connectivity index (χ3n) is 16.0. The Hall–Kier alpha value is -2.22. The second-order valence-electron chi connectivity index (χ2n) is 19.8. The SMILES string of the molecule is CC(C)C1=C2[C@H]3CC[C@@H]4[C@@]5(C)CC[C@H](OC(=O)CC(C)(C)C(=O)O)C(C)(C)[C@@H]5CC[C@@]4(C)[C@]3(C)CC[C@@]2(NC(=O)CCN2CCCC2)CC1=O. The van der Waals surface area contributed by atoms with Gasteiger partial charge < -0.3 is 20.1 Å². The molecule has 0 spiro atoms. The minimum absolute atomic E-state index is 0.00361. The average molecular weight is 695 g/mol. The third kappa shape index (κ3) is 5.80. The monoisotopic (exact) mass is 694 g/mol. The number of rotatable bonds is 9. The van der Waals surface area contributed by atoms with Gasteiger partial charge in [0.2, 0.25) is 5.91 Å². The summed E-state index contributed by atoms with van der Waals surface area (Å²) in [5.41, 5.74) is 0.488. The van der Waals surface area contributed by atoms with Crippen LogP contribution in [0.25, 0.3) is 0 Å². The molecule has 1 saturated heterocycles. The molecule has 1 amide bonds. The molecular weight excluding hydrogens is 628 g/mol. The van der Waals surface area contributed by atoms with Crippen molar-refractivity contribution in [3.05, 3.63) is 11.1 Å². The van der Waals surface area contributed by atoms with Crippen LogP contribution in [0.4, 0.5) is 0 Å². The molecule has 8 atom stereocenters. The Morgan fingerprint density at radius 1 is 0.920 bits per heavy atom. The number of allylic oxidation sites excluding steroid dienone is 1.